The van der Waals surface area contributed by atoms with E-state index in [1.165, 1.54) is 44.9 Å². The van der Waals surface area contributed by atoms with Crippen LogP contribution in [0.3, 0.4) is 0 Å². The molecule has 0 bridgehead atoms. The Morgan fingerprint density at radius 3 is 0.818 bits per heavy atom. The van der Waals surface area contributed by atoms with E-state index in [0.717, 1.165) is 52.1 Å². The summed E-state index contributed by atoms with van der Waals surface area (Å²) in [6.07, 6.45) is 2.15. The van der Waals surface area contributed by atoms with Gasteiger partial charge in [-0.2, -0.15) is 0 Å². The Hall–Kier alpha value is -3.72. The van der Waals surface area contributed by atoms with Crippen molar-refractivity contribution in [2.24, 2.45) is 0 Å². The summed E-state index contributed by atoms with van der Waals surface area (Å²) in [5.41, 5.74) is 10.8. The number of rotatable bonds is 16. The van der Waals surface area contributed by atoms with Crippen molar-refractivity contribution in [2.75, 3.05) is 54.0 Å². The number of hydrogen-bond donors (Lipinski definition) is 0. The quantitative estimate of drug-likeness (QED) is 0.129. The van der Waals surface area contributed by atoms with Crippen LogP contribution in [0.1, 0.15) is 94.0 Å². The lowest BCUT2D eigenvalue weighted by atomic mass is 9.80. The molecule has 0 saturated carbocycles. The van der Waals surface area contributed by atoms with E-state index >= 15 is 0 Å². The monoisotopic (exact) mass is 589 g/mol. The van der Waals surface area contributed by atoms with Gasteiger partial charge in [0.25, 0.3) is 0 Å². The Morgan fingerprint density at radius 2 is 0.591 bits per heavy atom. The van der Waals surface area contributed by atoms with Gasteiger partial charge in [0.05, 0.1) is 0 Å². The Labute approximate surface area is 268 Å². The lowest BCUT2D eigenvalue weighted by Gasteiger charge is -2.26. The molecule has 4 aromatic carbocycles. The van der Waals surface area contributed by atoms with Crippen LogP contribution in [0.4, 0.5) is 17.1 Å². The SMILES string of the molecule is CCN(CC)c1ccc(C(CCC(c2ccc(N(CC)CC)cc2)c2ccc(N(CC)CC)cc2)c2ccc(C)cc2)cc1. The maximum absolute atomic E-state index is 2.42. The molecule has 4 aromatic rings. The summed E-state index contributed by atoms with van der Waals surface area (Å²) in [6, 6.07) is 37.4. The van der Waals surface area contributed by atoms with Crippen molar-refractivity contribution in [3.8, 4) is 0 Å². The normalized spacial score (nSPS) is 11.9. The van der Waals surface area contributed by atoms with E-state index in [0.29, 0.717) is 11.8 Å². The van der Waals surface area contributed by atoms with Crippen LogP contribution >= 0.6 is 0 Å². The molecule has 0 N–H and O–H groups in total. The van der Waals surface area contributed by atoms with Gasteiger partial charge in [-0.25, -0.2) is 0 Å². The Balaban J connectivity index is 1.69. The van der Waals surface area contributed by atoms with Crippen LogP contribution in [-0.2, 0) is 0 Å². The fourth-order valence-electron chi connectivity index (χ4n) is 6.70. The van der Waals surface area contributed by atoms with E-state index in [1.807, 2.05) is 0 Å². The van der Waals surface area contributed by atoms with Crippen molar-refractivity contribution < 1.29 is 0 Å². The van der Waals surface area contributed by atoms with E-state index in [1.54, 1.807) is 0 Å². The summed E-state index contributed by atoms with van der Waals surface area (Å²) < 4.78 is 0. The second kappa shape index (κ2) is 16.4. The van der Waals surface area contributed by atoms with Crippen LogP contribution < -0.4 is 14.7 Å². The van der Waals surface area contributed by atoms with Gasteiger partial charge in [-0.05, 0) is 120 Å². The van der Waals surface area contributed by atoms with Gasteiger partial charge in [0.2, 0.25) is 0 Å². The number of benzene rings is 4. The molecule has 3 heteroatoms. The molecule has 0 aliphatic carbocycles. The van der Waals surface area contributed by atoms with Crippen LogP contribution in [0.25, 0.3) is 0 Å². The summed E-state index contributed by atoms with van der Waals surface area (Å²) in [5.74, 6) is 0.670. The number of anilines is 3. The average Bonchev–Trinajstić information content (AvgIpc) is 3.07. The fraction of sp³-hybridized carbons (Fsp3) is 0.415. The molecule has 1 unspecified atom stereocenters. The third kappa shape index (κ3) is 8.05. The van der Waals surface area contributed by atoms with Crippen LogP contribution in [0.5, 0.6) is 0 Å². The zero-order valence-electron chi connectivity index (χ0n) is 28.4. The molecule has 0 saturated heterocycles. The van der Waals surface area contributed by atoms with Gasteiger partial charge < -0.3 is 14.7 Å². The van der Waals surface area contributed by atoms with Gasteiger partial charge in [0.15, 0.2) is 0 Å². The number of nitrogens with zero attached hydrogens (tertiary/aromatic N) is 3. The van der Waals surface area contributed by atoms with Crippen molar-refractivity contribution in [3.05, 3.63) is 125 Å². The molecule has 234 valence electrons. The van der Waals surface area contributed by atoms with Crippen molar-refractivity contribution in [3.63, 3.8) is 0 Å². The zero-order chi connectivity index (χ0) is 31.5. The third-order valence-corrected chi connectivity index (χ3v) is 9.50. The third-order valence-electron chi connectivity index (χ3n) is 9.50. The van der Waals surface area contributed by atoms with Gasteiger partial charge in [-0.1, -0.05) is 66.2 Å². The number of hydrogen-bond acceptors (Lipinski definition) is 3. The molecule has 0 aliphatic rings. The standard InChI is InChI=1S/C41H55N3/c1-8-42(9-2)37-24-18-34(19-25-37)40(33-16-14-32(7)15-17-33)30-31-41(35-20-26-38(27-21-35)43(10-3)11-4)36-22-28-39(29-23-36)44(12-5)13-6/h14-29,40-41H,8-13,30-31H2,1-7H3. The first-order valence-corrected chi connectivity index (χ1v) is 17.1. The first-order valence-electron chi connectivity index (χ1n) is 17.1. The molecule has 0 amide bonds. The summed E-state index contributed by atoms with van der Waals surface area (Å²) in [7, 11) is 0. The molecule has 0 spiro atoms. The summed E-state index contributed by atoms with van der Waals surface area (Å²) in [5, 5.41) is 0. The minimum atomic E-state index is 0.328. The summed E-state index contributed by atoms with van der Waals surface area (Å²) >= 11 is 0. The molecule has 0 aromatic heterocycles. The minimum Gasteiger partial charge on any atom is -0.372 e. The fourth-order valence-corrected chi connectivity index (χ4v) is 6.70. The molecule has 0 aliphatic heterocycles. The Kier molecular flexibility index (Phi) is 12.4. The molecular weight excluding hydrogens is 534 g/mol. The second-order valence-electron chi connectivity index (χ2n) is 11.9. The van der Waals surface area contributed by atoms with Crippen molar-refractivity contribution in [2.45, 2.75) is 73.1 Å². The highest BCUT2D eigenvalue weighted by atomic mass is 15.1. The summed E-state index contributed by atoms with van der Waals surface area (Å²) in [4.78, 5) is 7.27. The molecule has 3 nitrogen and oxygen atoms in total. The predicted octanol–water partition coefficient (Wildman–Crippen LogP) is 10.3. The molecule has 0 radical (unpaired) electrons. The van der Waals surface area contributed by atoms with Crippen molar-refractivity contribution >= 4 is 17.1 Å². The first kappa shape index (κ1) is 33.2. The van der Waals surface area contributed by atoms with E-state index in [4.69, 9.17) is 0 Å². The lowest BCUT2D eigenvalue weighted by molar-refractivity contribution is 0.612. The minimum absolute atomic E-state index is 0.328. The van der Waals surface area contributed by atoms with Gasteiger partial charge in [-0.15, -0.1) is 0 Å². The molecule has 0 fully saturated rings. The van der Waals surface area contributed by atoms with Crippen LogP contribution in [0.2, 0.25) is 0 Å². The molecule has 44 heavy (non-hydrogen) atoms. The highest BCUT2D eigenvalue weighted by Gasteiger charge is 2.21. The second-order valence-corrected chi connectivity index (χ2v) is 11.9. The van der Waals surface area contributed by atoms with Gasteiger partial charge in [-0.3, -0.25) is 0 Å². The average molecular weight is 590 g/mol. The largest absolute Gasteiger partial charge is 0.372 e. The lowest BCUT2D eigenvalue weighted by Crippen LogP contribution is -2.22. The van der Waals surface area contributed by atoms with Crippen molar-refractivity contribution in [1.82, 2.24) is 0 Å². The predicted molar refractivity (Wildman–Crippen MR) is 194 cm³/mol. The first-order chi connectivity index (χ1) is 21.5. The summed E-state index contributed by atoms with van der Waals surface area (Å²) in [6.45, 7) is 21.7. The van der Waals surface area contributed by atoms with Gasteiger partial charge >= 0.3 is 0 Å². The van der Waals surface area contributed by atoms with Gasteiger partial charge in [0.1, 0.15) is 0 Å². The molecule has 0 heterocycles. The number of aryl methyl sites for hydroxylation is 1. The van der Waals surface area contributed by atoms with Gasteiger partial charge in [0, 0.05) is 68.2 Å². The topological polar surface area (TPSA) is 9.72 Å². The highest BCUT2D eigenvalue weighted by Crippen LogP contribution is 2.38. The van der Waals surface area contributed by atoms with E-state index in [-0.39, 0.29) is 0 Å². The van der Waals surface area contributed by atoms with E-state index in [9.17, 15) is 0 Å². The smallest absolute Gasteiger partial charge is 0.0366 e. The Bertz CT molecular complexity index is 1310. The van der Waals surface area contributed by atoms with E-state index in [2.05, 4.69) is 160 Å². The maximum atomic E-state index is 2.42. The molecule has 1 atom stereocenters. The van der Waals surface area contributed by atoms with Crippen molar-refractivity contribution in [1.29, 1.82) is 0 Å². The molecular formula is C41H55N3. The highest BCUT2D eigenvalue weighted by molar-refractivity contribution is 5.52. The molecule has 4 rings (SSSR count). The van der Waals surface area contributed by atoms with E-state index < -0.39 is 0 Å². The van der Waals surface area contributed by atoms with Crippen LogP contribution in [-0.4, -0.2) is 39.3 Å². The Morgan fingerprint density at radius 1 is 0.364 bits per heavy atom. The zero-order valence-corrected chi connectivity index (χ0v) is 28.4. The maximum Gasteiger partial charge on any atom is 0.0366 e. The van der Waals surface area contributed by atoms with Crippen LogP contribution in [0, 0.1) is 6.92 Å². The van der Waals surface area contributed by atoms with Crippen LogP contribution in [0.15, 0.2) is 97.1 Å².